The topological polar surface area (TPSA) is 61.4 Å². The van der Waals surface area contributed by atoms with E-state index in [2.05, 4.69) is 26.7 Å². The number of halogens is 1. The summed E-state index contributed by atoms with van der Waals surface area (Å²) in [7, 11) is 0. The van der Waals surface area contributed by atoms with Gasteiger partial charge in [0.2, 0.25) is 5.91 Å². The molecule has 1 aliphatic heterocycles. The van der Waals surface area contributed by atoms with E-state index in [9.17, 15) is 9.59 Å². The minimum absolute atomic E-state index is 0.0481. The first-order valence-corrected chi connectivity index (χ1v) is 8.02. The van der Waals surface area contributed by atoms with E-state index in [0.29, 0.717) is 18.5 Å². The number of amides is 2. The summed E-state index contributed by atoms with van der Waals surface area (Å²) in [6, 6.07) is 7.12. The lowest BCUT2D eigenvalue weighted by molar-refractivity contribution is -0.126. The van der Waals surface area contributed by atoms with Crippen LogP contribution in [0.2, 0.25) is 0 Å². The number of hydrogen-bond donors (Lipinski definition) is 2. The van der Waals surface area contributed by atoms with Crippen LogP contribution in [-0.4, -0.2) is 36.5 Å². The van der Waals surface area contributed by atoms with Crippen LogP contribution < -0.4 is 10.7 Å². The first-order valence-electron chi connectivity index (χ1n) is 7.23. The third-order valence-electron chi connectivity index (χ3n) is 3.38. The molecular formula is C15H20BrN3O2. The smallest absolute Gasteiger partial charge is 0.251 e. The molecule has 0 spiro atoms. The van der Waals surface area contributed by atoms with Crippen molar-refractivity contribution in [3.63, 3.8) is 0 Å². The molecule has 1 fully saturated rings. The predicted molar refractivity (Wildman–Crippen MR) is 84.7 cm³/mol. The molecule has 0 radical (unpaired) electrons. The van der Waals surface area contributed by atoms with Crippen LogP contribution in [-0.2, 0) is 4.79 Å². The summed E-state index contributed by atoms with van der Waals surface area (Å²) < 4.78 is 0.931. The number of nitrogens with one attached hydrogen (secondary N) is 2. The Morgan fingerprint density at radius 3 is 2.43 bits per heavy atom. The Bertz CT molecular complexity index is 484. The lowest BCUT2D eigenvalue weighted by atomic mass is 10.2. The zero-order chi connectivity index (χ0) is 15.1. The van der Waals surface area contributed by atoms with Crippen LogP contribution in [0.25, 0.3) is 0 Å². The summed E-state index contributed by atoms with van der Waals surface area (Å²) in [5, 5.41) is 4.71. The van der Waals surface area contributed by atoms with Gasteiger partial charge in [-0.15, -0.1) is 0 Å². The number of rotatable bonds is 5. The fourth-order valence-electron chi connectivity index (χ4n) is 2.23. The molecule has 1 saturated heterocycles. The quantitative estimate of drug-likeness (QED) is 0.851. The Morgan fingerprint density at radius 2 is 1.76 bits per heavy atom. The van der Waals surface area contributed by atoms with E-state index in [0.717, 1.165) is 30.4 Å². The summed E-state index contributed by atoms with van der Waals surface area (Å²) in [6.07, 6.45) is 3.77. The van der Waals surface area contributed by atoms with E-state index in [1.807, 2.05) is 17.1 Å². The maximum atomic E-state index is 11.9. The molecule has 6 heteroatoms. The van der Waals surface area contributed by atoms with Crippen molar-refractivity contribution in [2.45, 2.75) is 25.7 Å². The Kier molecular flexibility index (Phi) is 6.20. The summed E-state index contributed by atoms with van der Waals surface area (Å²) in [5.74, 6) is -0.207. The standard InChI is InChI=1S/C15H20BrN3O2/c16-13-6-4-12(5-7-13)15(21)17-9-8-14(20)18-19-10-2-1-3-11-19/h4-7H,1-3,8-11H2,(H,17,21)(H,18,20). The van der Waals surface area contributed by atoms with E-state index in [4.69, 9.17) is 0 Å². The van der Waals surface area contributed by atoms with Crippen molar-refractivity contribution in [3.8, 4) is 0 Å². The van der Waals surface area contributed by atoms with Crippen molar-refractivity contribution in [2.24, 2.45) is 0 Å². The number of piperidine rings is 1. The van der Waals surface area contributed by atoms with Gasteiger partial charge < -0.3 is 5.32 Å². The Balaban J connectivity index is 1.67. The number of nitrogens with zero attached hydrogens (tertiary/aromatic N) is 1. The van der Waals surface area contributed by atoms with Gasteiger partial charge in [-0.3, -0.25) is 15.0 Å². The van der Waals surface area contributed by atoms with Crippen molar-refractivity contribution in [3.05, 3.63) is 34.3 Å². The van der Waals surface area contributed by atoms with Crippen LogP contribution in [0.4, 0.5) is 0 Å². The van der Waals surface area contributed by atoms with Gasteiger partial charge in [0, 0.05) is 36.1 Å². The second-order valence-corrected chi connectivity index (χ2v) is 6.01. The van der Waals surface area contributed by atoms with E-state index in [1.54, 1.807) is 12.1 Å². The van der Waals surface area contributed by atoms with Gasteiger partial charge in [0.15, 0.2) is 0 Å². The summed E-state index contributed by atoms with van der Waals surface area (Å²) in [4.78, 5) is 23.6. The molecule has 2 N–H and O–H groups in total. The monoisotopic (exact) mass is 353 g/mol. The van der Waals surface area contributed by atoms with Gasteiger partial charge >= 0.3 is 0 Å². The zero-order valence-corrected chi connectivity index (χ0v) is 13.5. The molecule has 1 aliphatic rings. The first-order chi connectivity index (χ1) is 10.1. The number of carbonyl (C=O) groups is 2. The van der Waals surface area contributed by atoms with Gasteiger partial charge in [-0.2, -0.15) is 0 Å². The van der Waals surface area contributed by atoms with Crippen LogP contribution in [0, 0.1) is 0 Å². The molecule has 1 heterocycles. The fourth-order valence-corrected chi connectivity index (χ4v) is 2.50. The van der Waals surface area contributed by atoms with E-state index in [1.165, 1.54) is 6.42 Å². The van der Waals surface area contributed by atoms with Crippen LogP contribution in [0.3, 0.4) is 0 Å². The largest absolute Gasteiger partial charge is 0.352 e. The third-order valence-corrected chi connectivity index (χ3v) is 3.91. The average Bonchev–Trinajstić information content (AvgIpc) is 2.49. The molecule has 0 unspecified atom stereocenters. The maximum Gasteiger partial charge on any atom is 0.251 e. The molecule has 1 aromatic rings. The molecule has 2 rings (SSSR count). The summed E-state index contributed by atoms with van der Waals surface area (Å²) in [6.45, 7) is 2.17. The van der Waals surface area contributed by atoms with Gasteiger partial charge in [-0.25, -0.2) is 5.01 Å². The number of benzene rings is 1. The fraction of sp³-hybridized carbons (Fsp3) is 0.467. The highest BCUT2D eigenvalue weighted by Gasteiger charge is 2.12. The van der Waals surface area contributed by atoms with Gasteiger partial charge in [-0.1, -0.05) is 22.4 Å². The Morgan fingerprint density at radius 1 is 1.10 bits per heavy atom. The number of hydrazine groups is 1. The molecule has 5 nitrogen and oxygen atoms in total. The zero-order valence-electron chi connectivity index (χ0n) is 11.9. The molecule has 1 aromatic carbocycles. The lowest BCUT2D eigenvalue weighted by Gasteiger charge is -2.26. The van der Waals surface area contributed by atoms with Gasteiger partial charge in [-0.05, 0) is 37.1 Å². The average molecular weight is 354 g/mol. The molecule has 114 valence electrons. The van der Waals surface area contributed by atoms with E-state index in [-0.39, 0.29) is 11.8 Å². The SMILES string of the molecule is O=C(CCNC(=O)c1ccc(Br)cc1)NN1CCCCC1. The second-order valence-electron chi connectivity index (χ2n) is 5.10. The summed E-state index contributed by atoms with van der Waals surface area (Å²) >= 11 is 3.32. The minimum atomic E-state index is -0.159. The lowest BCUT2D eigenvalue weighted by Crippen LogP contribution is -2.45. The number of carbonyl (C=O) groups excluding carboxylic acids is 2. The maximum absolute atomic E-state index is 11.9. The molecule has 0 atom stereocenters. The van der Waals surface area contributed by atoms with Crippen LogP contribution in [0.5, 0.6) is 0 Å². The van der Waals surface area contributed by atoms with Gasteiger partial charge in [0.05, 0.1) is 0 Å². The molecular weight excluding hydrogens is 334 g/mol. The van der Waals surface area contributed by atoms with E-state index >= 15 is 0 Å². The van der Waals surface area contributed by atoms with Crippen molar-refractivity contribution >= 4 is 27.7 Å². The van der Waals surface area contributed by atoms with Crippen molar-refractivity contribution < 1.29 is 9.59 Å². The molecule has 0 saturated carbocycles. The van der Waals surface area contributed by atoms with Crippen LogP contribution >= 0.6 is 15.9 Å². The normalized spacial score (nSPS) is 15.5. The van der Waals surface area contributed by atoms with Gasteiger partial charge in [0.25, 0.3) is 5.91 Å². The minimum Gasteiger partial charge on any atom is -0.352 e. The third kappa shape index (κ3) is 5.47. The molecule has 0 aliphatic carbocycles. The summed E-state index contributed by atoms with van der Waals surface area (Å²) in [5.41, 5.74) is 3.47. The van der Waals surface area contributed by atoms with Crippen molar-refractivity contribution in [1.29, 1.82) is 0 Å². The first kappa shape index (κ1) is 16.0. The van der Waals surface area contributed by atoms with Gasteiger partial charge in [0.1, 0.15) is 0 Å². The highest BCUT2D eigenvalue weighted by molar-refractivity contribution is 9.10. The second kappa shape index (κ2) is 8.14. The van der Waals surface area contributed by atoms with Crippen LogP contribution in [0.1, 0.15) is 36.0 Å². The molecule has 0 aromatic heterocycles. The van der Waals surface area contributed by atoms with Crippen molar-refractivity contribution in [2.75, 3.05) is 19.6 Å². The Labute approximate surface area is 133 Å². The van der Waals surface area contributed by atoms with Crippen molar-refractivity contribution in [1.82, 2.24) is 15.8 Å². The highest BCUT2D eigenvalue weighted by atomic mass is 79.9. The van der Waals surface area contributed by atoms with Crippen LogP contribution in [0.15, 0.2) is 28.7 Å². The van der Waals surface area contributed by atoms with E-state index < -0.39 is 0 Å². The molecule has 0 bridgehead atoms. The highest BCUT2D eigenvalue weighted by Crippen LogP contribution is 2.10. The Hall–Kier alpha value is -1.40. The number of hydrogen-bond acceptors (Lipinski definition) is 3. The molecule has 2 amide bonds. The predicted octanol–water partition coefficient (Wildman–Crippen LogP) is 2.09. The molecule has 21 heavy (non-hydrogen) atoms.